The summed E-state index contributed by atoms with van der Waals surface area (Å²) in [5.74, 6) is -0.222. The Morgan fingerprint density at radius 3 is 2.16 bits per heavy atom. The number of rotatable bonds is 2. The van der Waals surface area contributed by atoms with Gasteiger partial charge < -0.3 is 5.11 Å². The van der Waals surface area contributed by atoms with E-state index in [2.05, 4.69) is 0 Å². The highest BCUT2D eigenvalue weighted by atomic mass is 32.2. The van der Waals surface area contributed by atoms with E-state index >= 15 is 0 Å². The van der Waals surface area contributed by atoms with Crippen LogP contribution in [0.2, 0.25) is 0 Å². The maximum atomic E-state index is 11.3. The summed E-state index contributed by atoms with van der Waals surface area (Å²) in [4.78, 5) is -1.08. The number of hydrogen-bond donors (Lipinski definition) is 3. The first-order chi connectivity index (χ1) is 8.59. The fraction of sp³-hybridized carbons (Fsp3) is 0. The van der Waals surface area contributed by atoms with E-state index in [1.54, 1.807) is 0 Å². The second-order valence-corrected chi connectivity index (χ2v) is 6.80. The molecule has 2 rings (SSSR count). The standard InChI is InChI=1S/C10H9NO6S2/c11-18(13,14)8-3-6-1-2-7(12)4-9(6)10(5-8)19(15,16)17/h1-5,12H,(H2,11,13,14)(H,15,16,17). The number of phenols is 1. The maximum absolute atomic E-state index is 11.3. The van der Waals surface area contributed by atoms with Crippen LogP contribution in [0.5, 0.6) is 5.75 Å². The van der Waals surface area contributed by atoms with Gasteiger partial charge in [0.25, 0.3) is 10.1 Å². The molecule has 0 atom stereocenters. The lowest BCUT2D eigenvalue weighted by Gasteiger charge is -2.07. The van der Waals surface area contributed by atoms with Gasteiger partial charge in [-0.3, -0.25) is 4.55 Å². The number of aromatic hydroxyl groups is 1. The Labute approximate surface area is 109 Å². The fourth-order valence-corrected chi connectivity index (χ4v) is 3.04. The third-order valence-electron chi connectivity index (χ3n) is 2.48. The molecule has 0 aliphatic rings. The van der Waals surface area contributed by atoms with Crippen molar-refractivity contribution >= 4 is 30.9 Å². The van der Waals surface area contributed by atoms with Crippen molar-refractivity contribution < 1.29 is 26.5 Å². The van der Waals surface area contributed by atoms with Crippen LogP contribution in [-0.2, 0) is 20.1 Å². The number of nitrogens with two attached hydrogens (primary N) is 1. The minimum Gasteiger partial charge on any atom is -0.508 e. The van der Waals surface area contributed by atoms with Gasteiger partial charge in [-0.1, -0.05) is 6.07 Å². The first-order valence-corrected chi connectivity index (χ1v) is 7.85. The quantitative estimate of drug-likeness (QED) is 0.689. The van der Waals surface area contributed by atoms with Gasteiger partial charge in [-0.2, -0.15) is 8.42 Å². The van der Waals surface area contributed by atoms with Gasteiger partial charge in [0.1, 0.15) is 10.6 Å². The molecule has 0 heterocycles. The Hall–Kier alpha value is -1.68. The summed E-state index contributed by atoms with van der Waals surface area (Å²) >= 11 is 0. The Morgan fingerprint density at radius 2 is 1.63 bits per heavy atom. The Morgan fingerprint density at radius 1 is 1.00 bits per heavy atom. The molecule has 0 saturated carbocycles. The van der Waals surface area contributed by atoms with Crippen molar-refractivity contribution in [1.82, 2.24) is 0 Å². The molecule has 0 bridgehead atoms. The molecule has 0 aliphatic carbocycles. The van der Waals surface area contributed by atoms with Gasteiger partial charge in [-0.05, 0) is 29.7 Å². The van der Waals surface area contributed by atoms with Gasteiger partial charge in [0.05, 0.1) is 4.90 Å². The lowest BCUT2D eigenvalue weighted by molar-refractivity contribution is 0.476. The zero-order valence-electron chi connectivity index (χ0n) is 9.31. The Kier molecular flexibility index (Phi) is 3.01. The van der Waals surface area contributed by atoms with Crippen LogP contribution in [0.1, 0.15) is 0 Å². The van der Waals surface area contributed by atoms with Crippen LogP contribution < -0.4 is 5.14 Å². The summed E-state index contributed by atoms with van der Waals surface area (Å²) < 4.78 is 54.2. The SMILES string of the molecule is NS(=O)(=O)c1cc(S(=O)(=O)O)c2cc(O)ccc2c1. The van der Waals surface area contributed by atoms with Gasteiger partial charge in [0.15, 0.2) is 0 Å². The molecule has 0 spiro atoms. The van der Waals surface area contributed by atoms with Crippen molar-refractivity contribution in [3.8, 4) is 5.75 Å². The average molecular weight is 303 g/mol. The summed E-state index contributed by atoms with van der Waals surface area (Å²) in [6.45, 7) is 0. The number of sulfonamides is 1. The Balaban J connectivity index is 3.01. The number of primary sulfonamides is 1. The van der Waals surface area contributed by atoms with Crippen LogP contribution in [0.15, 0.2) is 40.1 Å². The minimum absolute atomic E-state index is 0.00472. The van der Waals surface area contributed by atoms with E-state index in [9.17, 15) is 21.9 Å². The maximum Gasteiger partial charge on any atom is 0.295 e. The largest absolute Gasteiger partial charge is 0.508 e. The second kappa shape index (κ2) is 4.17. The van der Waals surface area contributed by atoms with Crippen LogP contribution in [0.3, 0.4) is 0 Å². The molecule has 0 saturated heterocycles. The van der Waals surface area contributed by atoms with Crippen LogP contribution in [0.25, 0.3) is 10.8 Å². The predicted octanol–water partition coefficient (Wildman–Crippen LogP) is 0.440. The van der Waals surface area contributed by atoms with Crippen LogP contribution >= 0.6 is 0 Å². The zero-order chi connectivity index (χ0) is 14.4. The molecule has 102 valence electrons. The molecule has 4 N–H and O–H groups in total. The number of benzene rings is 2. The monoisotopic (exact) mass is 303 g/mol. The lowest BCUT2D eigenvalue weighted by Crippen LogP contribution is -2.13. The van der Waals surface area contributed by atoms with Crippen molar-refractivity contribution in [1.29, 1.82) is 0 Å². The van der Waals surface area contributed by atoms with Crippen molar-refractivity contribution in [2.75, 3.05) is 0 Å². The average Bonchev–Trinajstić information content (AvgIpc) is 2.24. The molecule has 9 heteroatoms. The highest BCUT2D eigenvalue weighted by Gasteiger charge is 2.19. The summed E-state index contributed by atoms with van der Waals surface area (Å²) in [7, 11) is -8.79. The molecule has 0 unspecified atom stereocenters. The molecule has 0 amide bonds. The molecule has 2 aromatic carbocycles. The molecule has 0 radical (unpaired) electrons. The number of fused-ring (bicyclic) bond motifs is 1. The van der Waals surface area contributed by atoms with Gasteiger partial charge >= 0.3 is 0 Å². The number of phenolic OH excluding ortho intramolecular Hbond substituents is 1. The summed E-state index contributed by atoms with van der Waals surface area (Å²) in [6, 6.07) is 5.56. The van der Waals surface area contributed by atoms with Gasteiger partial charge in [-0.25, -0.2) is 13.6 Å². The molecule has 0 aromatic heterocycles. The first-order valence-electron chi connectivity index (χ1n) is 4.86. The first kappa shape index (κ1) is 13.7. The van der Waals surface area contributed by atoms with Crippen molar-refractivity contribution in [3.63, 3.8) is 0 Å². The van der Waals surface area contributed by atoms with Gasteiger partial charge in [0.2, 0.25) is 10.0 Å². The summed E-state index contributed by atoms with van der Waals surface area (Å²) in [6.07, 6.45) is 0. The molecule has 0 fully saturated rings. The third kappa shape index (κ3) is 2.68. The van der Waals surface area contributed by atoms with E-state index in [1.807, 2.05) is 0 Å². The highest BCUT2D eigenvalue weighted by molar-refractivity contribution is 7.89. The zero-order valence-corrected chi connectivity index (χ0v) is 10.9. The number of hydrogen-bond acceptors (Lipinski definition) is 5. The van der Waals surface area contributed by atoms with E-state index in [4.69, 9.17) is 9.69 Å². The molecule has 0 aliphatic heterocycles. The lowest BCUT2D eigenvalue weighted by atomic mass is 10.1. The summed E-state index contributed by atoms with van der Waals surface area (Å²) in [5.41, 5.74) is 0. The molecular formula is C10H9NO6S2. The highest BCUT2D eigenvalue weighted by Crippen LogP contribution is 2.29. The smallest absolute Gasteiger partial charge is 0.295 e. The predicted molar refractivity (Wildman–Crippen MR) is 66.8 cm³/mol. The van der Waals surface area contributed by atoms with Crippen molar-refractivity contribution in [3.05, 3.63) is 30.3 Å². The molecular weight excluding hydrogens is 294 g/mol. The van der Waals surface area contributed by atoms with Crippen molar-refractivity contribution in [2.45, 2.75) is 9.79 Å². The normalized spacial score (nSPS) is 12.7. The van der Waals surface area contributed by atoms with E-state index < -0.39 is 29.9 Å². The van der Waals surface area contributed by atoms with E-state index in [1.165, 1.54) is 12.1 Å². The molecule has 2 aromatic rings. The second-order valence-electron chi connectivity index (χ2n) is 3.85. The fourth-order valence-electron chi connectivity index (χ4n) is 1.66. The van der Waals surface area contributed by atoms with Crippen LogP contribution in [-0.4, -0.2) is 26.5 Å². The van der Waals surface area contributed by atoms with E-state index in [0.29, 0.717) is 0 Å². The van der Waals surface area contributed by atoms with Gasteiger partial charge in [-0.15, -0.1) is 0 Å². The van der Waals surface area contributed by atoms with E-state index in [-0.39, 0.29) is 16.5 Å². The van der Waals surface area contributed by atoms with Crippen LogP contribution in [0.4, 0.5) is 0 Å². The van der Waals surface area contributed by atoms with E-state index in [0.717, 1.165) is 18.2 Å². The molecule has 19 heavy (non-hydrogen) atoms. The third-order valence-corrected chi connectivity index (χ3v) is 4.27. The Bertz CT molecular complexity index is 870. The van der Waals surface area contributed by atoms with Gasteiger partial charge in [0, 0.05) is 5.39 Å². The topological polar surface area (TPSA) is 135 Å². The van der Waals surface area contributed by atoms with Crippen LogP contribution in [0, 0.1) is 0 Å². The molecule has 7 nitrogen and oxygen atoms in total. The summed E-state index contributed by atoms with van der Waals surface area (Å²) in [5, 5.41) is 14.5. The van der Waals surface area contributed by atoms with Crippen molar-refractivity contribution in [2.24, 2.45) is 5.14 Å². The minimum atomic E-state index is -4.66.